The molecule has 0 aromatic rings. The van der Waals surface area contributed by atoms with Gasteiger partial charge in [-0.2, -0.15) is 0 Å². The predicted molar refractivity (Wildman–Crippen MR) is 298 cm³/mol. The van der Waals surface area contributed by atoms with Crippen LogP contribution in [0.3, 0.4) is 0 Å². The van der Waals surface area contributed by atoms with Gasteiger partial charge >= 0.3 is 17.9 Å². The molecule has 0 N–H and O–H groups in total. The number of rotatable bonds is 54. The van der Waals surface area contributed by atoms with E-state index in [0.29, 0.717) is 19.3 Å². The van der Waals surface area contributed by atoms with Crippen LogP contribution < -0.4 is 0 Å². The van der Waals surface area contributed by atoms with Crippen molar-refractivity contribution in [1.82, 2.24) is 0 Å². The minimum atomic E-state index is -0.771. The van der Waals surface area contributed by atoms with Crippen LogP contribution in [0.1, 0.15) is 303 Å². The molecule has 0 saturated heterocycles. The quantitative estimate of drug-likeness (QED) is 0.0262. The minimum Gasteiger partial charge on any atom is -0.462 e. The molecule has 0 aliphatic heterocycles. The van der Waals surface area contributed by atoms with E-state index in [4.69, 9.17) is 14.2 Å². The van der Waals surface area contributed by atoms with E-state index in [1.54, 1.807) is 0 Å². The fourth-order valence-electron chi connectivity index (χ4n) is 8.59. The van der Waals surface area contributed by atoms with Gasteiger partial charge in [0.15, 0.2) is 6.10 Å². The second-order valence-corrected chi connectivity index (χ2v) is 19.9. The molecule has 0 spiro atoms. The largest absolute Gasteiger partial charge is 0.462 e. The number of carbonyl (C=O) groups excluding carboxylic acids is 3. The molecular weight excluding hydrogens is 853 g/mol. The summed E-state index contributed by atoms with van der Waals surface area (Å²) in [5.74, 6) is -0.871. The average Bonchev–Trinajstić information content (AvgIpc) is 3.35. The monoisotopic (exact) mass is 965 g/mol. The Labute approximate surface area is 428 Å². The summed E-state index contributed by atoms with van der Waals surface area (Å²) in [6, 6.07) is 0. The molecule has 0 heterocycles. The molecule has 0 bridgehead atoms. The van der Waals surface area contributed by atoms with Gasteiger partial charge in [-0.15, -0.1) is 0 Å². The molecule has 6 nitrogen and oxygen atoms in total. The molecule has 0 radical (unpaired) electrons. The molecule has 0 aromatic carbocycles. The molecule has 0 aliphatic rings. The smallest absolute Gasteiger partial charge is 0.306 e. The van der Waals surface area contributed by atoms with Gasteiger partial charge < -0.3 is 14.2 Å². The third-order valence-corrected chi connectivity index (χ3v) is 13.0. The number of ether oxygens (including phenoxy) is 3. The molecule has 69 heavy (non-hydrogen) atoms. The number of unbranched alkanes of at least 4 members (excludes halogenated alkanes) is 33. The second kappa shape index (κ2) is 57.7. The first-order valence-electron chi connectivity index (χ1n) is 29.8. The molecule has 0 saturated carbocycles. The predicted octanol–water partition coefficient (Wildman–Crippen LogP) is 20.0. The maximum atomic E-state index is 12.8. The summed E-state index contributed by atoms with van der Waals surface area (Å²) in [4.78, 5) is 38.0. The number of esters is 3. The van der Waals surface area contributed by atoms with Crippen LogP contribution in [0, 0.1) is 0 Å². The maximum Gasteiger partial charge on any atom is 0.306 e. The standard InChI is InChI=1S/C63H112O6/c1-4-7-10-13-16-18-20-22-24-26-28-29-30-31-32-33-35-36-38-40-42-44-47-50-53-56-62(65)68-59-60(58-67-61(64)55-52-49-46-15-12-9-6-3)69-63(66)57-54-51-48-45-43-41-39-37-34-27-25-23-21-19-17-14-11-8-5-2/h7,10,16,18,22,24,28-29,31-32,60H,4-6,8-9,11-15,17,19-21,23,25-27,30,33-59H2,1-3H3/b10-7-,18-16-,24-22-,29-28-,32-31-. The summed E-state index contributed by atoms with van der Waals surface area (Å²) < 4.78 is 16.8. The Bertz CT molecular complexity index is 1250. The molecule has 0 fully saturated rings. The van der Waals surface area contributed by atoms with Gasteiger partial charge in [0.1, 0.15) is 13.2 Å². The van der Waals surface area contributed by atoms with Crippen LogP contribution in [0.2, 0.25) is 0 Å². The Balaban J connectivity index is 4.16. The first-order valence-corrected chi connectivity index (χ1v) is 29.8. The van der Waals surface area contributed by atoms with Crippen molar-refractivity contribution in [1.29, 1.82) is 0 Å². The first kappa shape index (κ1) is 66.1. The van der Waals surface area contributed by atoms with Crippen molar-refractivity contribution in [2.75, 3.05) is 13.2 Å². The molecular formula is C63H112O6. The van der Waals surface area contributed by atoms with Crippen molar-refractivity contribution in [3.63, 3.8) is 0 Å². The van der Waals surface area contributed by atoms with Crippen molar-refractivity contribution in [3.05, 3.63) is 60.8 Å². The third kappa shape index (κ3) is 55.9. The zero-order chi connectivity index (χ0) is 50.0. The lowest BCUT2D eigenvalue weighted by molar-refractivity contribution is -0.167. The van der Waals surface area contributed by atoms with Crippen LogP contribution in [0.25, 0.3) is 0 Å². The van der Waals surface area contributed by atoms with Crippen LogP contribution in [0.5, 0.6) is 0 Å². The number of carbonyl (C=O) groups is 3. The van der Waals surface area contributed by atoms with E-state index >= 15 is 0 Å². The maximum absolute atomic E-state index is 12.8. The number of hydrogen-bond donors (Lipinski definition) is 0. The molecule has 0 aliphatic carbocycles. The van der Waals surface area contributed by atoms with Crippen LogP contribution in [0.15, 0.2) is 60.8 Å². The first-order chi connectivity index (χ1) is 34.0. The summed E-state index contributed by atoms with van der Waals surface area (Å²) in [6.07, 6.45) is 72.4. The molecule has 0 rings (SSSR count). The summed E-state index contributed by atoms with van der Waals surface area (Å²) >= 11 is 0. The SMILES string of the molecule is CC/C=C\C/C=C\C/C=C\C/C=C\C/C=C\CCCCCCCCCCCC(=O)OCC(COC(=O)CCCCCCCCC)OC(=O)CCCCCCCCCCCCCCCCCCCCC. The van der Waals surface area contributed by atoms with Gasteiger partial charge in [0.2, 0.25) is 0 Å². The van der Waals surface area contributed by atoms with Crippen molar-refractivity contribution < 1.29 is 28.6 Å². The van der Waals surface area contributed by atoms with Gasteiger partial charge in [0.05, 0.1) is 0 Å². The summed E-state index contributed by atoms with van der Waals surface area (Å²) in [5, 5.41) is 0. The van der Waals surface area contributed by atoms with E-state index < -0.39 is 6.10 Å². The Morgan fingerprint density at radius 2 is 0.565 bits per heavy atom. The van der Waals surface area contributed by atoms with Gasteiger partial charge in [-0.3, -0.25) is 14.4 Å². The lowest BCUT2D eigenvalue weighted by atomic mass is 10.0. The molecule has 1 atom stereocenters. The van der Waals surface area contributed by atoms with Crippen molar-refractivity contribution in [2.45, 2.75) is 309 Å². The van der Waals surface area contributed by atoms with Gasteiger partial charge in [0, 0.05) is 19.3 Å². The number of hydrogen-bond acceptors (Lipinski definition) is 6. The van der Waals surface area contributed by atoms with Gasteiger partial charge in [-0.05, 0) is 64.2 Å². The van der Waals surface area contributed by atoms with E-state index in [1.807, 2.05) is 0 Å². The van der Waals surface area contributed by atoms with E-state index in [2.05, 4.69) is 81.5 Å². The highest BCUT2D eigenvalue weighted by Gasteiger charge is 2.19. The second-order valence-electron chi connectivity index (χ2n) is 19.9. The summed E-state index contributed by atoms with van der Waals surface area (Å²) in [5.41, 5.74) is 0. The number of allylic oxidation sites excluding steroid dienone is 10. The Morgan fingerprint density at radius 3 is 0.884 bits per heavy atom. The highest BCUT2D eigenvalue weighted by atomic mass is 16.6. The van der Waals surface area contributed by atoms with Crippen LogP contribution in [-0.2, 0) is 28.6 Å². The molecule has 6 heteroatoms. The average molecular weight is 966 g/mol. The van der Waals surface area contributed by atoms with Gasteiger partial charge in [0.25, 0.3) is 0 Å². The summed E-state index contributed by atoms with van der Waals surface area (Å²) in [7, 11) is 0. The van der Waals surface area contributed by atoms with Crippen molar-refractivity contribution >= 4 is 17.9 Å². The minimum absolute atomic E-state index is 0.0725. The lowest BCUT2D eigenvalue weighted by Crippen LogP contribution is -2.30. The zero-order valence-corrected chi connectivity index (χ0v) is 45.8. The highest BCUT2D eigenvalue weighted by molar-refractivity contribution is 5.71. The van der Waals surface area contributed by atoms with Gasteiger partial charge in [-0.1, -0.05) is 281 Å². The lowest BCUT2D eigenvalue weighted by Gasteiger charge is -2.18. The van der Waals surface area contributed by atoms with Crippen LogP contribution in [0.4, 0.5) is 0 Å². The van der Waals surface area contributed by atoms with E-state index in [-0.39, 0.29) is 31.1 Å². The van der Waals surface area contributed by atoms with Gasteiger partial charge in [-0.25, -0.2) is 0 Å². The fraction of sp³-hybridized carbons (Fsp3) is 0.794. The van der Waals surface area contributed by atoms with Crippen LogP contribution >= 0.6 is 0 Å². The Kier molecular flexibility index (Phi) is 55.3. The normalized spacial score (nSPS) is 12.4. The fourth-order valence-corrected chi connectivity index (χ4v) is 8.59. The molecule has 400 valence electrons. The molecule has 1 unspecified atom stereocenters. The summed E-state index contributed by atoms with van der Waals surface area (Å²) in [6.45, 7) is 6.52. The van der Waals surface area contributed by atoms with Crippen LogP contribution in [-0.4, -0.2) is 37.2 Å². The molecule has 0 amide bonds. The topological polar surface area (TPSA) is 78.9 Å². The Hall–Kier alpha value is -2.89. The Morgan fingerprint density at radius 1 is 0.304 bits per heavy atom. The third-order valence-electron chi connectivity index (χ3n) is 13.0. The highest BCUT2D eigenvalue weighted by Crippen LogP contribution is 2.17. The molecule has 0 aromatic heterocycles. The van der Waals surface area contributed by atoms with Crippen molar-refractivity contribution in [2.24, 2.45) is 0 Å². The van der Waals surface area contributed by atoms with E-state index in [0.717, 1.165) is 96.3 Å². The van der Waals surface area contributed by atoms with E-state index in [9.17, 15) is 14.4 Å². The van der Waals surface area contributed by atoms with E-state index in [1.165, 1.54) is 167 Å². The zero-order valence-electron chi connectivity index (χ0n) is 45.8. The van der Waals surface area contributed by atoms with Crippen molar-refractivity contribution in [3.8, 4) is 0 Å².